The molecule has 0 amide bonds. The summed E-state index contributed by atoms with van der Waals surface area (Å²) in [6.07, 6.45) is 0. The molecule has 4 nitrogen and oxygen atoms in total. The smallest absolute Gasteiger partial charge is 0.293 e. The number of Topliss-reactive ketones (excluding diaryl/α,β-unsaturated/α-hetero) is 2. The van der Waals surface area contributed by atoms with Crippen molar-refractivity contribution >= 4 is 78.3 Å². The van der Waals surface area contributed by atoms with Crippen LogP contribution in [0.3, 0.4) is 0 Å². The Labute approximate surface area is 187 Å². The van der Waals surface area contributed by atoms with Gasteiger partial charge in [0.2, 0.25) is 5.78 Å². The standard InChI is InChI=1S/C8H2F3IO2S.C8H4FIO2S/c9-3-1-2-4(12)6-5(3)7(13)8(10,11)15(6)14;9-4-1-2-5(10)8-7(4)6(11)3-13(8)12/h1-2H;1-2H,3H2. The summed E-state index contributed by atoms with van der Waals surface area (Å²) in [5, 5.41) is -4.01. The highest BCUT2D eigenvalue weighted by Gasteiger charge is 2.56. The van der Waals surface area contributed by atoms with E-state index in [1.54, 1.807) is 22.6 Å². The van der Waals surface area contributed by atoms with E-state index in [1.807, 2.05) is 22.6 Å². The number of rotatable bonds is 0. The average molecular weight is 656 g/mol. The maximum atomic E-state index is 13.1. The van der Waals surface area contributed by atoms with E-state index in [1.165, 1.54) is 18.2 Å². The molecule has 12 heteroatoms. The minimum atomic E-state index is -4.01. The summed E-state index contributed by atoms with van der Waals surface area (Å²) >= 11 is 3.60. The molecule has 2 aliphatic heterocycles. The van der Waals surface area contributed by atoms with Crippen molar-refractivity contribution in [2.75, 3.05) is 5.75 Å². The number of fused-ring (bicyclic) bond motifs is 2. The molecule has 2 aromatic rings. The van der Waals surface area contributed by atoms with Gasteiger partial charge in [-0.25, -0.2) is 13.0 Å². The number of alkyl halides is 2. The Balaban J connectivity index is 0.000000162. The number of halogens is 6. The Morgan fingerprint density at radius 1 is 0.857 bits per heavy atom. The molecule has 4 rings (SSSR count). The van der Waals surface area contributed by atoms with Gasteiger partial charge in [0.15, 0.2) is 5.78 Å². The molecule has 0 fully saturated rings. The zero-order valence-electron chi connectivity index (χ0n) is 13.2. The van der Waals surface area contributed by atoms with E-state index >= 15 is 0 Å². The Kier molecular flexibility index (Phi) is 6.14. The van der Waals surface area contributed by atoms with Crippen molar-refractivity contribution in [3.05, 3.63) is 54.2 Å². The van der Waals surface area contributed by atoms with Crippen LogP contribution in [0.4, 0.5) is 17.6 Å². The second-order valence-corrected chi connectivity index (χ2v) is 10.7. The van der Waals surface area contributed by atoms with Crippen molar-refractivity contribution in [2.24, 2.45) is 0 Å². The molecule has 2 atom stereocenters. The maximum absolute atomic E-state index is 13.1. The Morgan fingerprint density at radius 3 is 1.86 bits per heavy atom. The van der Waals surface area contributed by atoms with Gasteiger partial charge in [-0.2, -0.15) is 8.78 Å². The maximum Gasteiger partial charge on any atom is 0.387 e. The molecule has 2 aliphatic rings. The number of benzene rings is 2. The van der Waals surface area contributed by atoms with Crippen LogP contribution in [0, 0.1) is 18.8 Å². The molecule has 0 radical (unpaired) electrons. The van der Waals surface area contributed by atoms with Gasteiger partial charge >= 0.3 is 5.25 Å². The molecule has 0 bridgehead atoms. The summed E-state index contributed by atoms with van der Waals surface area (Å²) < 4.78 is 75.9. The first-order valence-electron chi connectivity index (χ1n) is 7.20. The first kappa shape index (κ1) is 22.0. The van der Waals surface area contributed by atoms with Crippen LogP contribution in [0.15, 0.2) is 34.1 Å². The van der Waals surface area contributed by atoms with Crippen LogP contribution in [-0.4, -0.2) is 31.0 Å². The van der Waals surface area contributed by atoms with Gasteiger partial charge in [0, 0.05) is 7.14 Å². The largest absolute Gasteiger partial charge is 0.387 e. The summed E-state index contributed by atoms with van der Waals surface area (Å²) in [4.78, 5) is 22.3. The van der Waals surface area contributed by atoms with Crippen LogP contribution in [0.1, 0.15) is 20.7 Å². The van der Waals surface area contributed by atoms with Crippen LogP contribution in [0.2, 0.25) is 0 Å². The minimum absolute atomic E-state index is 0.0187. The lowest BCUT2D eigenvalue weighted by Gasteiger charge is -2.02. The summed E-state index contributed by atoms with van der Waals surface area (Å²) in [5.74, 6) is -3.75. The molecule has 0 saturated heterocycles. The van der Waals surface area contributed by atoms with Crippen LogP contribution in [0.25, 0.3) is 0 Å². The predicted octanol–water partition coefficient (Wildman–Crippen LogP) is 4.06. The van der Waals surface area contributed by atoms with Crippen molar-refractivity contribution in [3.8, 4) is 0 Å². The molecule has 2 unspecified atom stereocenters. The van der Waals surface area contributed by atoms with Crippen LogP contribution < -0.4 is 0 Å². The van der Waals surface area contributed by atoms with Gasteiger partial charge in [0.1, 0.15) is 22.4 Å². The lowest BCUT2D eigenvalue weighted by molar-refractivity contribution is 0.0562. The average Bonchev–Trinajstić information content (AvgIpc) is 3.03. The third-order valence-electron chi connectivity index (χ3n) is 3.80. The lowest BCUT2D eigenvalue weighted by Crippen LogP contribution is -2.26. The quantitative estimate of drug-likeness (QED) is 0.317. The van der Waals surface area contributed by atoms with Gasteiger partial charge in [-0.05, 0) is 69.4 Å². The molecular weight excluding hydrogens is 650 g/mol. The normalized spacial score (nSPS) is 21.8. The number of carbonyl (C=O) groups is 2. The van der Waals surface area contributed by atoms with Crippen molar-refractivity contribution in [2.45, 2.75) is 15.0 Å². The number of ketones is 2. The highest BCUT2D eigenvalue weighted by atomic mass is 127. The van der Waals surface area contributed by atoms with E-state index < -0.39 is 54.7 Å². The van der Waals surface area contributed by atoms with E-state index in [-0.39, 0.29) is 20.7 Å². The second-order valence-electron chi connectivity index (χ2n) is 5.49. The second kappa shape index (κ2) is 7.83. The van der Waals surface area contributed by atoms with Gasteiger partial charge in [0.25, 0.3) is 0 Å². The molecule has 0 aliphatic carbocycles. The van der Waals surface area contributed by atoms with Crippen LogP contribution in [0.5, 0.6) is 0 Å². The first-order chi connectivity index (χ1) is 13.0. The molecule has 148 valence electrons. The Hall–Kier alpha value is -0.740. The molecular formula is C16H6F4I2O4S2. The van der Waals surface area contributed by atoms with Crippen molar-refractivity contribution in [1.82, 2.24) is 0 Å². The highest BCUT2D eigenvalue weighted by molar-refractivity contribution is 14.1. The summed E-state index contributed by atoms with van der Waals surface area (Å²) in [5.41, 5.74) is -0.726. The fourth-order valence-corrected chi connectivity index (χ4v) is 7.20. The zero-order chi connectivity index (χ0) is 21.0. The summed E-state index contributed by atoms with van der Waals surface area (Å²) in [7, 11) is -4.14. The fourth-order valence-electron chi connectivity index (χ4n) is 2.56. The van der Waals surface area contributed by atoms with Gasteiger partial charge in [-0.1, -0.05) is 0 Å². The fraction of sp³-hybridized carbons (Fsp3) is 0.125. The number of hydrogen-bond acceptors (Lipinski definition) is 4. The van der Waals surface area contributed by atoms with E-state index in [4.69, 9.17) is 0 Å². The van der Waals surface area contributed by atoms with Crippen molar-refractivity contribution < 1.29 is 35.6 Å². The molecule has 2 aromatic carbocycles. The first-order valence-corrected chi connectivity index (χ1v) is 11.8. The van der Waals surface area contributed by atoms with Crippen LogP contribution in [-0.2, 0) is 21.6 Å². The number of hydrogen-bond donors (Lipinski definition) is 0. The Bertz CT molecular complexity index is 1020. The van der Waals surface area contributed by atoms with Crippen molar-refractivity contribution in [1.29, 1.82) is 0 Å². The molecule has 2 heterocycles. The van der Waals surface area contributed by atoms with E-state index in [0.717, 1.165) is 6.07 Å². The summed E-state index contributed by atoms with van der Waals surface area (Å²) in [6, 6.07) is 4.89. The van der Waals surface area contributed by atoms with Gasteiger partial charge in [-0.15, -0.1) is 0 Å². The minimum Gasteiger partial charge on any atom is -0.293 e. The van der Waals surface area contributed by atoms with Gasteiger partial charge < -0.3 is 0 Å². The third-order valence-corrected chi connectivity index (χ3v) is 9.18. The van der Waals surface area contributed by atoms with Gasteiger partial charge in [-0.3, -0.25) is 13.8 Å². The predicted molar refractivity (Wildman–Crippen MR) is 110 cm³/mol. The zero-order valence-corrected chi connectivity index (χ0v) is 19.2. The number of carbonyl (C=O) groups excluding carboxylic acids is 2. The van der Waals surface area contributed by atoms with Crippen molar-refractivity contribution in [3.63, 3.8) is 0 Å². The third kappa shape index (κ3) is 3.49. The molecule has 28 heavy (non-hydrogen) atoms. The summed E-state index contributed by atoms with van der Waals surface area (Å²) in [6.45, 7) is 0. The van der Waals surface area contributed by atoms with Gasteiger partial charge in [0.05, 0.1) is 37.5 Å². The topological polar surface area (TPSA) is 68.3 Å². The molecule has 0 saturated carbocycles. The SMILES string of the molecule is O=C1CS(=O)c2c(I)ccc(F)c21.O=C1c2c(F)ccc(I)c2S(=O)C1(F)F. The lowest BCUT2D eigenvalue weighted by atomic mass is 10.1. The highest BCUT2D eigenvalue weighted by Crippen LogP contribution is 2.41. The van der Waals surface area contributed by atoms with Crippen LogP contribution >= 0.6 is 45.2 Å². The van der Waals surface area contributed by atoms with E-state index in [2.05, 4.69) is 0 Å². The molecule has 0 N–H and O–H groups in total. The molecule has 0 spiro atoms. The monoisotopic (exact) mass is 656 g/mol. The molecule has 0 aromatic heterocycles. The van der Waals surface area contributed by atoms with E-state index in [0.29, 0.717) is 8.47 Å². The Morgan fingerprint density at radius 2 is 1.36 bits per heavy atom. The van der Waals surface area contributed by atoms with E-state index in [9.17, 15) is 35.6 Å².